The number of aliphatic imine (C=N–C) groups is 1. The van der Waals surface area contributed by atoms with Crippen LogP contribution < -0.4 is 10.2 Å². The van der Waals surface area contributed by atoms with Crippen molar-refractivity contribution in [2.75, 3.05) is 36.4 Å². The Morgan fingerprint density at radius 2 is 1.77 bits per heavy atom. The fourth-order valence-corrected chi connectivity index (χ4v) is 4.20. The third-order valence-electron chi connectivity index (χ3n) is 5.86. The van der Waals surface area contributed by atoms with E-state index in [1.165, 1.54) is 22.8 Å². The number of rotatable bonds is 2. The molecule has 0 unspecified atom stereocenters. The lowest BCUT2D eigenvalue weighted by molar-refractivity contribution is 0.0175. The summed E-state index contributed by atoms with van der Waals surface area (Å²) < 4.78 is 27.3. The SMILES string of the molecule is Cc1cc2c(cc1C)NC(=NC(=S)N1CCN(c3cccc(C(C)(F)F)c3)CC1)C2. The molecule has 1 fully saturated rings. The highest BCUT2D eigenvalue weighted by Gasteiger charge is 2.26. The Kier molecular flexibility index (Phi) is 5.49. The van der Waals surface area contributed by atoms with Crippen molar-refractivity contribution in [2.45, 2.75) is 33.1 Å². The molecule has 4 rings (SSSR count). The largest absolute Gasteiger partial charge is 0.368 e. The molecule has 0 atom stereocenters. The van der Waals surface area contributed by atoms with Crippen molar-refractivity contribution < 1.29 is 8.78 Å². The molecular formula is C23H26F2N4S. The Balaban J connectivity index is 1.38. The van der Waals surface area contributed by atoms with E-state index < -0.39 is 5.92 Å². The van der Waals surface area contributed by atoms with Gasteiger partial charge in [-0.05, 0) is 61.0 Å². The summed E-state index contributed by atoms with van der Waals surface area (Å²) in [5.41, 5.74) is 5.76. The van der Waals surface area contributed by atoms with Gasteiger partial charge in [0.05, 0.1) is 0 Å². The fourth-order valence-electron chi connectivity index (χ4n) is 3.90. The molecule has 0 radical (unpaired) electrons. The summed E-state index contributed by atoms with van der Waals surface area (Å²) in [6, 6.07) is 11.0. The van der Waals surface area contributed by atoms with Crippen molar-refractivity contribution in [3.05, 3.63) is 58.7 Å². The first-order valence-corrected chi connectivity index (χ1v) is 10.6. The average Bonchev–Trinajstić information content (AvgIpc) is 3.08. The predicted octanol–water partition coefficient (Wildman–Crippen LogP) is 4.89. The van der Waals surface area contributed by atoms with Crippen LogP contribution in [-0.4, -0.2) is 42.0 Å². The van der Waals surface area contributed by atoms with Crippen molar-refractivity contribution >= 4 is 34.5 Å². The van der Waals surface area contributed by atoms with Crippen LogP contribution in [0.15, 0.2) is 41.4 Å². The number of benzene rings is 2. The molecule has 4 nitrogen and oxygen atoms in total. The number of piperazine rings is 1. The molecule has 0 spiro atoms. The first kappa shape index (κ1) is 20.7. The van der Waals surface area contributed by atoms with Crippen LogP contribution in [0.25, 0.3) is 0 Å². The third kappa shape index (κ3) is 4.31. The zero-order valence-electron chi connectivity index (χ0n) is 17.5. The topological polar surface area (TPSA) is 30.9 Å². The lowest BCUT2D eigenvalue weighted by Crippen LogP contribution is -2.48. The van der Waals surface area contributed by atoms with Gasteiger partial charge in [-0.25, -0.2) is 13.8 Å². The van der Waals surface area contributed by atoms with Crippen molar-refractivity contribution in [1.29, 1.82) is 0 Å². The van der Waals surface area contributed by atoms with Gasteiger partial charge in [0, 0.05) is 56.5 Å². The minimum absolute atomic E-state index is 0.0432. The Morgan fingerprint density at radius 3 is 2.47 bits per heavy atom. The maximum atomic E-state index is 13.6. The maximum Gasteiger partial charge on any atom is 0.270 e. The number of hydrogen-bond donors (Lipinski definition) is 1. The summed E-state index contributed by atoms with van der Waals surface area (Å²) in [4.78, 5) is 8.87. The van der Waals surface area contributed by atoms with E-state index in [-0.39, 0.29) is 5.56 Å². The third-order valence-corrected chi connectivity index (χ3v) is 6.20. The number of alkyl halides is 2. The van der Waals surface area contributed by atoms with Crippen LogP contribution >= 0.6 is 12.2 Å². The zero-order chi connectivity index (χ0) is 21.5. The summed E-state index contributed by atoms with van der Waals surface area (Å²) in [6.07, 6.45) is 0.759. The molecule has 2 aromatic rings. The summed E-state index contributed by atoms with van der Waals surface area (Å²) in [5, 5.41) is 3.96. The number of nitrogens with one attached hydrogen (secondary N) is 1. The average molecular weight is 429 g/mol. The number of hydrogen-bond acceptors (Lipinski definition) is 2. The molecule has 0 aromatic heterocycles. The maximum absolute atomic E-state index is 13.6. The van der Waals surface area contributed by atoms with Gasteiger partial charge in [-0.15, -0.1) is 0 Å². The second-order valence-corrected chi connectivity index (χ2v) is 8.51. The van der Waals surface area contributed by atoms with Gasteiger partial charge < -0.3 is 15.1 Å². The van der Waals surface area contributed by atoms with E-state index in [2.05, 4.69) is 46.1 Å². The summed E-state index contributed by atoms with van der Waals surface area (Å²) in [7, 11) is 0. The van der Waals surface area contributed by atoms with Crippen LogP contribution in [0.3, 0.4) is 0 Å². The normalized spacial score (nSPS) is 17.8. The van der Waals surface area contributed by atoms with Gasteiger partial charge in [0.25, 0.3) is 5.92 Å². The molecule has 0 saturated carbocycles. The molecule has 158 valence electrons. The standard InChI is InChI=1S/C23H26F2N4S/c1-15-11-17-13-21(26-20(17)12-16(15)2)27-22(30)29-9-7-28(8-10-29)19-6-4-5-18(14-19)23(3,24)25/h4-6,11-12,14H,7-10,13H2,1-3H3,(H,26,27,30). The Morgan fingerprint density at radius 1 is 1.07 bits per heavy atom. The molecule has 30 heavy (non-hydrogen) atoms. The van der Waals surface area contributed by atoms with E-state index in [0.29, 0.717) is 18.2 Å². The molecule has 1 N–H and O–H groups in total. The van der Waals surface area contributed by atoms with Gasteiger partial charge in [0.15, 0.2) is 5.11 Å². The molecule has 2 aromatic carbocycles. The van der Waals surface area contributed by atoms with Crippen LogP contribution in [0.5, 0.6) is 0 Å². The molecule has 2 heterocycles. The van der Waals surface area contributed by atoms with E-state index in [9.17, 15) is 8.78 Å². The van der Waals surface area contributed by atoms with Crippen molar-refractivity contribution in [3.8, 4) is 0 Å². The van der Waals surface area contributed by atoms with Gasteiger partial charge in [-0.3, -0.25) is 0 Å². The van der Waals surface area contributed by atoms with Crippen LogP contribution in [0.1, 0.15) is 29.2 Å². The number of fused-ring (bicyclic) bond motifs is 1. The first-order chi connectivity index (χ1) is 14.2. The molecular weight excluding hydrogens is 402 g/mol. The summed E-state index contributed by atoms with van der Waals surface area (Å²) in [6.45, 7) is 8.02. The van der Waals surface area contributed by atoms with Gasteiger partial charge in [-0.2, -0.15) is 0 Å². The monoisotopic (exact) mass is 428 g/mol. The Bertz CT molecular complexity index is 972. The van der Waals surface area contributed by atoms with Crippen LogP contribution in [0.4, 0.5) is 20.2 Å². The number of halogens is 2. The van der Waals surface area contributed by atoms with Crippen molar-refractivity contribution in [3.63, 3.8) is 0 Å². The van der Waals surface area contributed by atoms with E-state index in [1.54, 1.807) is 12.1 Å². The fraction of sp³-hybridized carbons (Fsp3) is 0.391. The van der Waals surface area contributed by atoms with Gasteiger partial charge in [-0.1, -0.05) is 18.2 Å². The molecule has 0 aliphatic carbocycles. The van der Waals surface area contributed by atoms with E-state index >= 15 is 0 Å². The van der Waals surface area contributed by atoms with E-state index in [0.717, 1.165) is 43.6 Å². The number of anilines is 2. The minimum Gasteiger partial charge on any atom is -0.368 e. The second-order valence-electron chi connectivity index (χ2n) is 8.15. The summed E-state index contributed by atoms with van der Waals surface area (Å²) in [5.74, 6) is -1.96. The van der Waals surface area contributed by atoms with Crippen LogP contribution in [0.2, 0.25) is 0 Å². The highest BCUT2D eigenvalue weighted by Crippen LogP contribution is 2.30. The molecule has 2 aliphatic heterocycles. The minimum atomic E-state index is -2.83. The highest BCUT2D eigenvalue weighted by molar-refractivity contribution is 7.80. The smallest absolute Gasteiger partial charge is 0.270 e. The quantitative estimate of drug-likeness (QED) is 0.690. The number of aryl methyl sites for hydroxylation is 2. The van der Waals surface area contributed by atoms with Crippen LogP contribution in [-0.2, 0) is 12.3 Å². The van der Waals surface area contributed by atoms with E-state index in [1.807, 2.05) is 6.07 Å². The predicted molar refractivity (Wildman–Crippen MR) is 123 cm³/mol. The molecule has 0 amide bonds. The molecule has 0 bridgehead atoms. The Labute approximate surface area is 181 Å². The van der Waals surface area contributed by atoms with Crippen molar-refractivity contribution in [2.24, 2.45) is 4.99 Å². The summed E-state index contributed by atoms with van der Waals surface area (Å²) >= 11 is 5.58. The second kappa shape index (κ2) is 7.95. The van der Waals surface area contributed by atoms with Gasteiger partial charge in [0.1, 0.15) is 5.84 Å². The van der Waals surface area contributed by atoms with Gasteiger partial charge in [0.2, 0.25) is 0 Å². The molecule has 1 saturated heterocycles. The Hall–Kier alpha value is -2.54. The molecule has 2 aliphatic rings. The van der Waals surface area contributed by atoms with Gasteiger partial charge >= 0.3 is 0 Å². The molecule has 7 heteroatoms. The zero-order valence-corrected chi connectivity index (χ0v) is 18.3. The highest BCUT2D eigenvalue weighted by atomic mass is 32.1. The van der Waals surface area contributed by atoms with E-state index in [4.69, 9.17) is 12.2 Å². The first-order valence-electron chi connectivity index (χ1n) is 10.2. The lowest BCUT2D eigenvalue weighted by Gasteiger charge is -2.36. The van der Waals surface area contributed by atoms with Crippen LogP contribution in [0, 0.1) is 13.8 Å². The van der Waals surface area contributed by atoms with Crippen molar-refractivity contribution in [1.82, 2.24) is 4.90 Å². The number of amidine groups is 1. The lowest BCUT2D eigenvalue weighted by atomic mass is 10.0. The number of nitrogens with zero attached hydrogens (tertiary/aromatic N) is 3. The number of thiocarbonyl (C=S) groups is 1.